The van der Waals surface area contributed by atoms with Crippen molar-refractivity contribution >= 4 is 47.4 Å². The summed E-state index contributed by atoms with van der Waals surface area (Å²) in [6.45, 7) is 6.14. The van der Waals surface area contributed by atoms with Crippen LogP contribution in [0.2, 0.25) is 0 Å². The number of hydrogen-bond acceptors (Lipinski definition) is 3. The summed E-state index contributed by atoms with van der Waals surface area (Å²) in [6.07, 6.45) is 2.50. The van der Waals surface area contributed by atoms with Crippen LogP contribution in [0.5, 0.6) is 0 Å². The molecule has 2 atom stereocenters. The molecule has 0 radical (unpaired) electrons. The Kier molecular flexibility index (Phi) is 8.09. The molecule has 3 aromatic rings. The van der Waals surface area contributed by atoms with Gasteiger partial charge < -0.3 is 15.6 Å². The molecule has 1 heterocycles. The zero-order chi connectivity index (χ0) is 20.7. The van der Waals surface area contributed by atoms with Gasteiger partial charge in [-0.25, -0.2) is 9.37 Å². The summed E-state index contributed by atoms with van der Waals surface area (Å²) < 4.78 is 15.8. The highest BCUT2D eigenvalue weighted by Crippen LogP contribution is 2.32. The van der Waals surface area contributed by atoms with Gasteiger partial charge in [0.2, 0.25) is 5.91 Å². The molecule has 1 aromatic heterocycles. The van der Waals surface area contributed by atoms with E-state index in [-0.39, 0.29) is 54.5 Å². The van der Waals surface area contributed by atoms with Crippen molar-refractivity contribution in [3.63, 3.8) is 0 Å². The van der Waals surface area contributed by atoms with Crippen LogP contribution >= 0.6 is 24.8 Å². The number of hydrogen-bond donors (Lipinski definition) is 2. The number of aryl methyl sites for hydroxylation is 1. The third-order valence-corrected chi connectivity index (χ3v) is 5.75. The lowest BCUT2D eigenvalue weighted by Crippen LogP contribution is -2.23. The number of fused-ring (bicyclic) bond motifs is 1. The third-order valence-electron chi connectivity index (χ3n) is 5.75. The molecule has 1 saturated carbocycles. The van der Waals surface area contributed by atoms with Gasteiger partial charge in [0.05, 0.1) is 11.0 Å². The predicted octanol–water partition coefficient (Wildman–Crippen LogP) is 5.64. The van der Waals surface area contributed by atoms with Crippen LogP contribution in [-0.2, 0) is 4.79 Å². The van der Waals surface area contributed by atoms with E-state index < -0.39 is 0 Å². The number of anilines is 1. The number of carbonyl (C=O) groups excluding carboxylic acids is 1. The fourth-order valence-corrected chi connectivity index (χ4v) is 4.23. The molecular weight excluding hydrogens is 438 g/mol. The van der Waals surface area contributed by atoms with E-state index in [1.807, 2.05) is 25.1 Å². The van der Waals surface area contributed by atoms with Crippen LogP contribution < -0.4 is 11.1 Å². The first-order valence-electron chi connectivity index (χ1n) is 10.2. The normalized spacial score (nSPS) is 18.0. The van der Waals surface area contributed by atoms with Gasteiger partial charge in [-0.05, 0) is 75.9 Å². The highest BCUT2D eigenvalue weighted by Gasteiger charge is 2.28. The van der Waals surface area contributed by atoms with Crippen LogP contribution in [0.4, 0.5) is 10.1 Å². The molecule has 0 saturated heterocycles. The molecule has 0 bridgehead atoms. The second kappa shape index (κ2) is 9.98. The lowest BCUT2D eigenvalue weighted by molar-refractivity contribution is -0.119. The number of carbonyl (C=O) groups is 1. The van der Waals surface area contributed by atoms with Crippen LogP contribution in [-0.4, -0.2) is 21.5 Å². The Hall–Kier alpha value is -2.15. The first kappa shape index (κ1) is 25.1. The van der Waals surface area contributed by atoms with E-state index in [4.69, 9.17) is 5.73 Å². The summed E-state index contributed by atoms with van der Waals surface area (Å²) in [4.78, 5) is 17.2. The van der Waals surface area contributed by atoms with Crippen molar-refractivity contribution in [2.24, 2.45) is 11.7 Å². The maximum absolute atomic E-state index is 13.7. The summed E-state index contributed by atoms with van der Waals surface area (Å²) in [5.74, 6) is 0.532. The molecule has 2 aromatic carbocycles. The monoisotopic (exact) mass is 466 g/mol. The second-order valence-electron chi connectivity index (χ2n) is 8.32. The second-order valence-corrected chi connectivity index (χ2v) is 8.32. The lowest BCUT2D eigenvalue weighted by Gasteiger charge is -2.16. The number of nitrogens with one attached hydrogen (secondary N) is 1. The number of aromatic nitrogens is 2. The van der Waals surface area contributed by atoms with Gasteiger partial charge in [0.15, 0.2) is 0 Å². The number of halogens is 3. The van der Waals surface area contributed by atoms with E-state index >= 15 is 0 Å². The molecule has 168 valence electrons. The minimum absolute atomic E-state index is 0. The van der Waals surface area contributed by atoms with Crippen molar-refractivity contribution in [3.8, 4) is 11.4 Å². The summed E-state index contributed by atoms with van der Waals surface area (Å²) in [6, 6.07) is 10.9. The zero-order valence-electron chi connectivity index (χ0n) is 17.9. The Balaban J connectivity index is 0.00000171. The topological polar surface area (TPSA) is 72.9 Å². The number of nitrogens with zero attached hydrogens (tertiary/aromatic N) is 2. The number of nitrogens with two attached hydrogens (primary N) is 1. The van der Waals surface area contributed by atoms with E-state index in [9.17, 15) is 9.18 Å². The summed E-state index contributed by atoms with van der Waals surface area (Å²) >= 11 is 0. The molecule has 0 spiro atoms. The Bertz CT molecular complexity index is 1080. The van der Waals surface area contributed by atoms with Crippen molar-refractivity contribution in [3.05, 3.63) is 47.8 Å². The molecule has 2 unspecified atom stereocenters. The van der Waals surface area contributed by atoms with E-state index in [0.717, 1.165) is 47.4 Å². The Morgan fingerprint density at radius 1 is 1.19 bits per heavy atom. The maximum Gasteiger partial charge on any atom is 0.227 e. The maximum atomic E-state index is 13.7. The minimum Gasteiger partial charge on any atom is -0.328 e. The van der Waals surface area contributed by atoms with E-state index in [2.05, 4.69) is 28.7 Å². The van der Waals surface area contributed by atoms with Gasteiger partial charge in [-0.2, -0.15) is 0 Å². The Morgan fingerprint density at radius 2 is 1.94 bits per heavy atom. The van der Waals surface area contributed by atoms with Crippen molar-refractivity contribution in [1.29, 1.82) is 0 Å². The van der Waals surface area contributed by atoms with Crippen LogP contribution in [0.25, 0.3) is 22.4 Å². The number of rotatable bonds is 4. The number of benzene rings is 2. The van der Waals surface area contributed by atoms with Crippen molar-refractivity contribution in [2.75, 3.05) is 5.32 Å². The molecular formula is C23H29Cl2FN4O. The van der Waals surface area contributed by atoms with Gasteiger partial charge in [0.25, 0.3) is 0 Å². The molecule has 4 rings (SSSR count). The van der Waals surface area contributed by atoms with E-state index in [1.165, 1.54) is 12.1 Å². The van der Waals surface area contributed by atoms with Crippen LogP contribution in [0.15, 0.2) is 36.4 Å². The Labute approximate surface area is 194 Å². The van der Waals surface area contributed by atoms with Gasteiger partial charge in [-0.15, -0.1) is 24.8 Å². The van der Waals surface area contributed by atoms with Crippen molar-refractivity contribution < 1.29 is 9.18 Å². The average Bonchev–Trinajstić information content (AvgIpc) is 3.26. The van der Waals surface area contributed by atoms with Crippen molar-refractivity contribution in [1.82, 2.24) is 9.55 Å². The largest absolute Gasteiger partial charge is 0.328 e. The molecule has 3 N–H and O–H groups in total. The molecule has 1 amide bonds. The van der Waals surface area contributed by atoms with Gasteiger partial charge in [0.1, 0.15) is 11.6 Å². The van der Waals surface area contributed by atoms with Crippen LogP contribution in [0.1, 0.15) is 44.7 Å². The van der Waals surface area contributed by atoms with Crippen molar-refractivity contribution in [2.45, 2.75) is 52.1 Å². The van der Waals surface area contributed by atoms with E-state index in [0.29, 0.717) is 5.52 Å². The van der Waals surface area contributed by atoms with Gasteiger partial charge in [-0.1, -0.05) is 0 Å². The summed E-state index contributed by atoms with van der Waals surface area (Å²) in [7, 11) is 0. The summed E-state index contributed by atoms with van der Waals surface area (Å²) in [5.41, 5.74) is 10.2. The van der Waals surface area contributed by atoms with Gasteiger partial charge in [0, 0.05) is 35.3 Å². The summed E-state index contributed by atoms with van der Waals surface area (Å²) in [5, 5.41) is 3.05. The molecule has 1 aliphatic carbocycles. The number of imidazole rings is 1. The molecule has 1 aliphatic rings. The van der Waals surface area contributed by atoms with E-state index in [1.54, 1.807) is 6.07 Å². The standard InChI is InChI=1S/C23H27FN4O.2ClH/c1-13(2)28-21-9-6-17(24)12-20(21)26-22(28)15-5-8-19(14(3)10-15)27-23(29)16-4-7-18(25)11-16;;/h5-6,8-10,12-13,16,18H,4,7,11,25H2,1-3H3,(H,27,29);2*1H. The molecule has 0 aliphatic heterocycles. The average molecular weight is 467 g/mol. The van der Waals surface area contributed by atoms with Crippen LogP contribution in [0.3, 0.4) is 0 Å². The molecule has 31 heavy (non-hydrogen) atoms. The first-order chi connectivity index (χ1) is 13.8. The minimum atomic E-state index is -0.293. The predicted molar refractivity (Wildman–Crippen MR) is 129 cm³/mol. The SMILES string of the molecule is Cc1cc(-c2nc3cc(F)ccc3n2C(C)C)ccc1NC(=O)C1CCC(N)C1.Cl.Cl. The lowest BCUT2D eigenvalue weighted by atomic mass is 10.1. The van der Waals surface area contributed by atoms with Gasteiger partial charge >= 0.3 is 0 Å². The zero-order valence-corrected chi connectivity index (χ0v) is 19.5. The van der Waals surface area contributed by atoms with Gasteiger partial charge in [-0.3, -0.25) is 4.79 Å². The smallest absolute Gasteiger partial charge is 0.227 e. The molecule has 5 nitrogen and oxygen atoms in total. The first-order valence-corrected chi connectivity index (χ1v) is 10.2. The third kappa shape index (κ3) is 5.03. The highest BCUT2D eigenvalue weighted by atomic mass is 35.5. The Morgan fingerprint density at radius 3 is 2.55 bits per heavy atom. The number of amides is 1. The highest BCUT2D eigenvalue weighted by molar-refractivity contribution is 5.94. The van der Waals surface area contributed by atoms with Crippen LogP contribution in [0, 0.1) is 18.7 Å². The fraction of sp³-hybridized carbons (Fsp3) is 0.391. The molecule has 8 heteroatoms. The molecule has 1 fully saturated rings. The quantitative estimate of drug-likeness (QED) is 0.522. The fourth-order valence-electron chi connectivity index (χ4n) is 4.23.